The highest BCUT2D eigenvalue weighted by Crippen LogP contribution is 2.31. The van der Waals surface area contributed by atoms with Gasteiger partial charge in [0.2, 0.25) is 0 Å². The van der Waals surface area contributed by atoms with Crippen LogP contribution in [0.1, 0.15) is 31.2 Å². The fourth-order valence-electron chi connectivity index (χ4n) is 1.78. The van der Waals surface area contributed by atoms with Crippen molar-refractivity contribution in [2.45, 2.75) is 26.3 Å². The highest BCUT2D eigenvalue weighted by molar-refractivity contribution is 7.15. The second-order valence-corrected chi connectivity index (χ2v) is 5.50. The summed E-state index contributed by atoms with van der Waals surface area (Å²) in [6.07, 6.45) is 2.88. The minimum absolute atomic E-state index is 0.0797. The number of aromatic hydroxyl groups is 1. The number of nitrogens with one attached hydrogen (secondary N) is 1. The van der Waals surface area contributed by atoms with Crippen LogP contribution in [0, 0.1) is 5.82 Å². The second-order valence-electron chi connectivity index (χ2n) is 4.44. The van der Waals surface area contributed by atoms with Gasteiger partial charge < -0.3 is 10.4 Å². The minimum Gasteiger partial charge on any atom is -0.508 e. The molecule has 0 aliphatic carbocycles. The number of thiazole rings is 1. The van der Waals surface area contributed by atoms with Crippen LogP contribution >= 0.6 is 11.3 Å². The zero-order chi connectivity index (χ0) is 13.8. The van der Waals surface area contributed by atoms with Crippen molar-refractivity contribution in [3.8, 4) is 16.3 Å². The normalized spacial score (nSPS) is 12.6. The minimum atomic E-state index is -0.455. The maximum atomic E-state index is 13.3. The predicted molar refractivity (Wildman–Crippen MR) is 75.9 cm³/mol. The zero-order valence-corrected chi connectivity index (χ0v) is 11.8. The van der Waals surface area contributed by atoms with Crippen LogP contribution in [0.25, 0.3) is 10.6 Å². The number of hydrogen-bond acceptors (Lipinski definition) is 4. The highest BCUT2D eigenvalue weighted by atomic mass is 32.1. The van der Waals surface area contributed by atoms with Gasteiger partial charge in [0, 0.05) is 28.7 Å². The Labute approximate surface area is 116 Å². The molecule has 1 atom stereocenters. The zero-order valence-electron chi connectivity index (χ0n) is 11.0. The van der Waals surface area contributed by atoms with Crippen molar-refractivity contribution in [3.63, 3.8) is 0 Å². The Kier molecular flexibility index (Phi) is 4.50. The molecule has 1 aromatic heterocycles. The summed E-state index contributed by atoms with van der Waals surface area (Å²) in [4.78, 5) is 5.40. The SMILES string of the molecule is CCCNC(C)c1cnc(-c2cc(O)cc(F)c2)s1. The van der Waals surface area contributed by atoms with E-state index in [0.29, 0.717) is 5.56 Å². The lowest BCUT2D eigenvalue weighted by Gasteiger charge is -2.09. The molecule has 1 aromatic carbocycles. The van der Waals surface area contributed by atoms with E-state index < -0.39 is 5.82 Å². The number of rotatable bonds is 5. The highest BCUT2D eigenvalue weighted by Gasteiger charge is 2.11. The molecule has 0 amide bonds. The molecule has 0 aliphatic rings. The number of phenols is 1. The number of aromatic nitrogens is 1. The van der Waals surface area contributed by atoms with Crippen LogP contribution in [0.2, 0.25) is 0 Å². The standard InChI is InChI=1S/C14H17FN2OS/c1-3-4-16-9(2)13-8-17-14(19-13)10-5-11(15)7-12(18)6-10/h5-9,16,18H,3-4H2,1-2H3. The number of benzene rings is 1. The average Bonchev–Trinajstić information content (AvgIpc) is 2.84. The van der Waals surface area contributed by atoms with E-state index in [1.165, 1.54) is 23.5 Å². The molecule has 0 fully saturated rings. The maximum Gasteiger partial charge on any atom is 0.127 e. The molecular weight excluding hydrogens is 263 g/mol. The van der Waals surface area contributed by atoms with Crippen LogP contribution in [-0.2, 0) is 0 Å². The summed E-state index contributed by atoms with van der Waals surface area (Å²) in [6, 6.07) is 4.22. The van der Waals surface area contributed by atoms with Crippen LogP contribution in [0.5, 0.6) is 5.75 Å². The molecule has 0 saturated carbocycles. The van der Waals surface area contributed by atoms with Gasteiger partial charge >= 0.3 is 0 Å². The number of halogens is 1. The third-order valence-electron chi connectivity index (χ3n) is 2.78. The Hall–Kier alpha value is -1.46. The quantitative estimate of drug-likeness (QED) is 0.877. The van der Waals surface area contributed by atoms with Gasteiger partial charge in [0.25, 0.3) is 0 Å². The van der Waals surface area contributed by atoms with Crippen molar-refractivity contribution in [1.29, 1.82) is 0 Å². The summed E-state index contributed by atoms with van der Waals surface area (Å²) < 4.78 is 13.3. The van der Waals surface area contributed by atoms with Gasteiger partial charge in [-0.25, -0.2) is 9.37 Å². The van der Waals surface area contributed by atoms with Gasteiger partial charge in [-0.3, -0.25) is 0 Å². The van der Waals surface area contributed by atoms with E-state index in [-0.39, 0.29) is 11.8 Å². The second kappa shape index (κ2) is 6.12. The Morgan fingerprint density at radius 2 is 2.21 bits per heavy atom. The van der Waals surface area contributed by atoms with Gasteiger partial charge in [0.15, 0.2) is 0 Å². The van der Waals surface area contributed by atoms with E-state index in [0.717, 1.165) is 28.9 Å². The molecule has 0 spiro atoms. The number of hydrogen-bond donors (Lipinski definition) is 2. The lowest BCUT2D eigenvalue weighted by molar-refractivity contribution is 0.469. The first kappa shape index (κ1) is 14.0. The summed E-state index contributed by atoms with van der Waals surface area (Å²) >= 11 is 1.51. The van der Waals surface area contributed by atoms with Crippen molar-refractivity contribution in [3.05, 3.63) is 35.1 Å². The summed E-state index contributed by atoms with van der Waals surface area (Å²) in [7, 11) is 0. The average molecular weight is 280 g/mol. The van der Waals surface area contributed by atoms with E-state index in [4.69, 9.17) is 0 Å². The molecule has 0 bridgehead atoms. The fourth-order valence-corrected chi connectivity index (χ4v) is 2.71. The summed E-state index contributed by atoms with van der Waals surface area (Å²) in [5.41, 5.74) is 0.608. The van der Waals surface area contributed by atoms with Crippen LogP contribution in [0.15, 0.2) is 24.4 Å². The third-order valence-corrected chi connectivity index (χ3v) is 4.01. The first-order chi connectivity index (χ1) is 9.10. The monoisotopic (exact) mass is 280 g/mol. The predicted octanol–water partition coefficient (Wildman–Crippen LogP) is 3.72. The van der Waals surface area contributed by atoms with Crippen molar-refractivity contribution in [1.82, 2.24) is 10.3 Å². The number of nitrogens with zero attached hydrogens (tertiary/aromatic N) is 1. The maximum absolute atomic E-state index is 13.3. The molecule has 102 valence electrons. The molecule has 0 saturated heterocycles. The number of phenolic OH excluding ortho intramolecular Hbond substituents is 1. The molecule has 0 aliphatic heterocycles. The van der Waals surface area contributed by atoms with Crippen LogP contribution < -0.4 is 5.32 Å². The molecule has 19 heavy (non-hydrogen) atoms. The molecule has 2 N–H and O–H groups in total. The Morgan fingerprint density at radius 3 is 2.89 bits per heavy atom. The van der Waals surface area contributed by atoms with Gasteiger partial charge in [0.05, 0.1) is 0 Å². The molecule has 3 nitrogen and oxygen atoms in total. The van der Waals surface area contributed by atoms with E-state index in [9.17, 15) is 9.50 Å². The Morgan fingerprint density at radius 1 is 1.42 bits per heavy atom. The molecule has 0 radical (unpaired) electrons. The van der Waals surface area contributed by atoms with E-state index >= 15 is 0 Å². The van der Waals surface area contributed by atoms with Gasteiger partial charge in [-0.1, -0.05) is 6.92 Å². The van der Waals surface area contributed by atoms with Crippen LogP contribution in [-0.4, -0.2) is 16.6 Å². The first-order valence-corrected chi connectivity index (χ1v) is 7.11. The van der Waals surface area contributed by atoms with Crippen molar-refractivity contribution >= 4 is 11.3 Å². The summed E-state index contributed by atoms with van der Waals surface area (Å²) in [5, 5.41) is 13.5. The summed E-state index contributed by atoms with van der Waals surface area (Å²) in [6.45, 7) is 5.15. The van der Waals surface area contributed by atoms with Crippen molar-refractivity contribution in [2.75, 3.05) is 6.54 Å². The largest absolute Gasteiger partial charge is 0.508 e. The van der Waals surface area contributed by atoms with E-state index in [1.54, 1.807) is 6.20 Å². The molecule has 1 heterocycles. The van der Waals surface area contributed by atoms with E-state index in [2.05, 4.69) is 24.1 Å². The fraction of sp³-hybridized carbons (Fsp3) is 0.357. The molecule has 2 rings (SSSR count). The third kappa shape index (κ3) is 3.52. The van der Waals surface area contributed by atoms with Gasteiger partial charge in [-0.15, -0.1) is 11.3 Å². The van der Waals surface area contributed by atoms with Crippen LogP contribution in [0.3, 0.4) is 0 Å². The van der Waals surface area contributed by atoms with E-state index in [1.807, 2.05) is 0 Å². The van der Waals surface area contributed by atoms with Crippen molar-refractivity contribution in [2.24, 2.45) is 0 Å². The Bertz CT molecular complexity index is 536. The molecule has 2 aromatic rings. The van der Waals surface area contributed by atoms with Gasteiger partial charge in [-0.2, -0.15) is 0 Å². The van der Waals surface area contributed by atoms with Gasteiger partial charge in [-0.05, 0) is 32.0 Å². The smallest absolute Gasteiger partial charge is 0.127 e. The van der Waals surface area contributed by atoms with Crippen molar-refractivity contribution < 1.29 is 9.50 Å². The molecule has 5 heteroatoms. The lowest BCUT2D eigenvalue weighted by atomic mass is 10.2. The van der Waals surface area contributed by atoms with Crippen LogP contribution in [0.4, 0.5) is 4.39 Å². The Balaban J connectivity index is 2.20. The lowest BCUT2D eigenvalue weighted by Crippen LogP contribution is -2.18. The molecular formula is C14H17FN2OS. The van der Waals surface area contributed by atoms with Gasteiger partial charge in [0.1, 0.15) is 16.6 Å². The molecule has 1 unspecified atom stereocenters. The topological polar surface area (TPSA) is 45.2 Å². The first-order valence-electron chi connectivity index (χ1n) is 6.29. The summed E-state index contributed by atoms with van der Waals surface area (Å²) in [5.74, 6) is -0.534.